The summed E-state index contributed by atoms with van der Waals surface area (Å²) in [4.78, 5) is 23.3. The van der Waals surface area contributed by atoms with Crippen molar-refractivity contribution in [2.75, 3.05) is 6.61 Å². The van der Waals surface area contributed by atoms with Crippen LogP contribution in [0.25, 0.3) is 0 Å². The first-order chi connectivity index (χ1) is 14.4. The number of hydrogen-bond donors (Lipinski definition) is 1. The molecular formula is C21H24O8S. The summed E-state index contributed by atoms with van der Waals surface area (Å²) in [6, 6.07) is 13.1. The highest BCUT2D eigenvalue weighted by molar-refractivity contribution is 7.11. The molecule has 0 amide bonds. The third-order valence-corrected chi connectivity index (χ3v) is 5.10. The van der Waals surface area contributed by atoms with E-state index in [0.29, 0.717) is 11.7 Å². The molecule has 5 atom stereocenters. The van der Waals surface area contributed by atoms with Crippen LogP contribution in [0.15, 0.2) is 47.8 Å². The number of hydrogen-bond acceptors (Lipinski definition) is 9. The molecule has 162 valence electrons. The second-order valence-electron chi connectivity index (χ2n) is 6.73. The number of esters is 2. The van der Waals surface area contributed by atoms with E-state index in [0.717, 1.165) is 5.56 Å². The number of rotatable bonds is 8. The minimum atomic E-state index is -1.28. The average Bonchev–Trinajstić information content (AvgIpc) is 3.21. The Kier molecular flexibility index (Phi) is 7.81. The zero-order valence-corrected chi connectivity index (χ0v) is 17.4. The fourth-order valence-electron chi connectivity index (χ4n) is 3.08. The molecule has 1 aliphatic rings. The van der Waals surface area contributed by atoms with Crippen molar-refractivity contribution >= 4 is 23.3 Å². The first-order valence-electron chi connectivity index (χ1n) is 9.44. The third kappa shape index (κ3) is 6.02. The van der Waals surface area contributed by atoms with E-state index < -0.39 is 42.6 Å². The van der Waals surface area contributed by atoms with Gasteiger partial charge >= 0.3 is 11.9 Å². The fourth-order valence-corrected chi connectivity index (χ4v) is 3.68. The number of carbonyl (C=O) groups excluding carboxylic acids is 2. The molecule has 30 heavy (non-hydrogen) atoms. The smallest absolute Gasteiger partial charge is 0.303 e. The second-order valence-corrected chi connectivity index (χ2v) is 7.64. The lowest BCUT2D eigenvalue weighted by Gasteiger charge is -2.42. The highest BCUT2D eigenvalue weighted by Gasteiger charge is 2.50. The minimum absolute atomic E-state index is 0.0188. The molecule has 1 aromatic carbocycles. The van der Waals surface area contributed by atoms with Gasteiger partial charge in [0.15, 0.2) is 11.2 Å². The summed E-state index contributed by atoms with van der Waals surface area (Å²) in [6.07, 6.45) is -5.55. The Morgan fingerprint density at radius 2 is 1.73 bits per heavy atom. The zero-order valence-electron chi connectivity index (χ0n) is 16.6. The topological polar surface area (TPSA) is 101 Å². The summed E-state index contributed by atoms with van der Waals surface area (Å²) < 4.78 is 28.0. The van der Waals surface area contributed by atoms with Gasteiger partial charge in [0.1, 0.15) is 12.2 Å². The predicted octanol–water partition coefficient (Wildman–Crippen LogP) is 2.29. The normalized spacial score (nSPS) is 26.0. The van der Waals surface area contributed by atoms with Crippen LogP contribution in [0.2, 0.25) is 0 Å². The maximum absolute atomic E-state index is 11.6. The van der Waals surface area contributed by atoms with Crippen molar-refractivity contribution in [2.45, 2.75) is 51.2 Å². The summed E-state index contributed by atoms with van der Waals surface area (Å²) in [7, 11) is 0. The molecule has 0 spiro atoms. The number of aliphatic hydroxyl groups excluding tert-OH is 1. The average molecular weight is 436 g/mol. The summed E-state index contributed by atoms with van der Waals surface area (Å²) in [6.45, 7) is 2.76. The molecule has 0 aliphatic carbocycles. The summed E-state index contributed by atoms with van der Waals surface area (Å²) in [5, 5.41) is 13.1. The first-order valence-corrected chi connectivity index (χ1v) is 10.3. The van der Waals surface area contributed by atoms with E-state index in [2.05, 4.69) is 0 Å². The monoisotopic (exact) mass is 436 g/mol. The van der Waals surface area contributed by atoms with Crippen molar-refractivity contribution in [1.82, 2.24) is 0 Å². The Hall–Kier alpha value is -2.46. The molecule has 1 fully saturated rings. The first kappa shape index (κ1) is 22.2. The van der Waals surface area contributed by atoms with Crippen molar-refractivity contribution in [1.29, 1.82) is 0 Å². The van der Waals surface area contributed by atoms with Crippen molar-refractivity contribution in [3.05, 3.63) is 53.4 Å². The van der Waals surface area contributed by atoms with Gasteiger partial charge in [-0.2, -0.15) is 0 Å². The Labute approximate surface area is 178 Å². The van der Waals surface area contributed by atoms with Gasteiger partial charge in [-0.3, -0.25) is 9.59 Å². The molecule has 0 saturated carbocycles. The summed E-state index contributed by atoms with van der Waals surface area (Å²) in [5.74, 6) is -1.25. The molecule has 0 radical (unpaired) electrons. The maximum Gasteiger partial charge on any atom is 0.303 e. The lowest BCUT2D eigenvalue weighted by molar-refractivity contribution is -0.286. The number of benzene rings is 1. The molecular weight excluding hydrogens is 412 g/mol. The van der Waals surface area contributed by atoms with Gasteiger partial charge in [0.25, 0.3) is 0 Å². The predicted molar refractivity (Wildman–Crippen MR) is 107 cm³/mol. The van der Waals surface area contributed by atoms with Gasteiger partial charge in [-0.25, -0.2) is 0 Å². The summed E-state index contributed by atoms with van der Waals surface area (Å²) in [5.41, 5.74) is 0.962. The van der Waals surface area contributed by atoms with Gasteiger partial charge in [0, 0.05) is 13.8 Å². The van der Waals surface area contributed by atoms with Crippen molar-refractivity contribution < 1.29 is 38.4 Å². The van der Waals surface area contributed by atoms with E-state index >= 15 is 0 Å². The van der Waals surface area contributed by atoms with E-state index in [1.54, 1.807) is 12.1 Å². The van der Waals surface area contributed by atoms with Gasteiger partial charge in [0.2, 0.25) is 12.4 Å². The zero-order chi connectivity index (χ0) is 21.5. The molecule has 1 saturated heterocycles. The molecule has 9 heteroatoms. The molecule has 3 rings (SSSR count). The van der Waals surface area contributed by atoms with Crippen LogP contribution in [-0.4, -0.2) is 54.4 Å². The molecule has 2 heterocycles. The van der Waals surface area contributed by atoms with E-state index in [-0.39, 0.29) is 6.61 Å². The molecule has 1 N–H and O–H groups in total. The molecule has 0 bridgehead atoms. The Balaban J connectivity index is 1.75. The number of thiophene rings is 1. The summed E-state index contributed by atoms with van der Waals surface area (Å²) >= 11 is 1.33. The van der Waals surface area contributed by atoms with Crippen LogP contribution in [-0.2, 0) is 35.1 Å². The van der Waals surface area contributed by atoms with Crippen molar-refractivity contribution in [3.63, 3.8) is 0 Å². The Morgan fingerprint density at radius 1 is 1.03 bits per heavy atom. The maximum atomic E-state index is 11.6. The van der Waals surface area contributed by atoms with Gasteiger partial charge in [-0.1, -0.05) is 30.3 Å². The van der Waals surface area contributed by atoms with Crippen LogP contribution in [0.1, 0.15) is 19.4 Å². The Morgan fingerprint density at radius 3 is 2.37 bits per heavy atom. The highest BCUT2D eigenvalue weighted by Crippen LogP contribution is 2.30. The van der Waals surface area contributed by atoms with Gasteiger partial charge < -0.3 is 28.8 Å². The number of aliphatic hydroxyl groups is 1. The molecule has 1 aromatic heterocycles. The van der Waals surface area contributed by atoms with Gasteiger partial charge in [-0.15, -0.1) is 11.3 Å². The fraction of sp³-hybridized carbons (Fsp3) is 0.429. The van der Waals surface area contributed by atoms with Crippen LogP contribution >= 0.6 is 11.3 Å². The second kappa shape index (κ2) is 10.5. The quantitative estimate of drug-likeness (QED) is 0.629. The minimum Gasteiger partial charge on any atom is -0.455 e. The Bertz CT molecular complexity index is 810. The molecule has 0 unspecified atom stereocenters. The molecule has 8 nitrogen and oxygen atoms in total. The van der Waals surface area contributed by atoms with Crippen molar-refractivity contribution in [2.24, 2.45) is 0 Å². The van der Waals surface area contributed by atoms with Gasteiger partial charge in [-0.05, 0) is 23.1 Å². The van der Waals surface area contributed by atoms with E-state index in [1.165, 1.54) is 25.2 Å². The SMILES string of the molecule is CC(=O)O[C@H]1[C@H](Oc2cccs2)O[C@H](COCc2ccccc2)[C@H](O)[C@@H]1OC(C)=O. The lowest BCUT2D eigenvalue weighted by Crippen LogP contribution is -2.62. The van der Waals surface area contributed by atoms with Crippen LogP contribution in [0, 0.1) is 0 Å². The number of carbonyl (C=O) groups is 2. The standard InChI is InChI=1S/C21H24O8S/c1-13(22)26-19-18(24)16(12-25-11-15-7-4-3-5-8-15)28-21(20(19)27-14(2)23)29-17-9-6-10-30-17/h3-10,16,18-21,24H,11-12H2,1-2H3/t16-,18+,19+,20-,21+/m1/s1. The van der Waals surface area contributed by atoms with Crippen LogP contribution in [0.5, 0.6) is 5.06 Å². The third-order valence-electron chi connectivity index (χ3n) is 4.34. The lowest BCUT2D eigenvalue weighted by atomic mass is 9.98. The van der Waals surface area contributed by atoms with Crippen LogP contribution < -0.4 is 4.74 Å². The van der Waals surface area contributed by atoms with Crippen LogP contribution in [0.3, 0.4) is 0 Å². The van der Waals surface area contributed by atoms with Crippen molar-refractivity contribution in [3.8, 4) is 5.06 Å². The van der Waals surface area contributed by atoms with E-state index in [9.17, 15) is 14.7 Å². The van der Waals surface area contributed by atoms with E-state index in [1.807, 2.05) is 35.7 Å². The van der Waals surface area contributed by atoms with E-state index in [4.69, 9.17) is 23.7 Å². The highest BCUT2D eigenvalue weighted by atomic mass is 32.1. The number of ether oxygens (including phenoxy) is 5. The molecule has 2 aromatic rings. The van der Waals surface area contributed by atoms with Gasteiger partial charge in [0.05, 0.1) is 13.2 Å². The largest absolute Gasteiger partial charge is 0.455 e. The molecule has 1 aliphatic heterocycles. The van der Waals surface area contributed by atoms with Crippen LogP contribution in [0.4, 0.5) is 0 Å².